The van der Waals surface area contributed by atoms with Crippen LogP contribution in [0.2, 0.25) is 0 Å². The number of hydrogen-bond acceptors (Lipinski definition) is 1. The highest BCUT2D eigenvalue weighted by Gasteiger charge is 2.24. The normalized spacial score (nSPS) is 17.7. The number of hydrogen-bond donors (Lipinski definition) is 0. The molecule has 0 amide bonds. The van der Waals surface area contributed by atoms with Crippen LogP contribution in [0.4, 0.5) is 0 Å². The molecular weight excluding hydrogens is 500 g/mol. The van der Waals surface area contributed by atoms with Crippen LogP contribution in [0.5, 0.6) is 0 Å². The average Bonchev–Trinajstić information content (AvgIpc) is 3.02. The van der Waals surface area contributed by atoms with E-state index in [4.69, 9.17) is 0 Å². The SMILES string of the molecule is C=C1/C=C\C=C(\c2cccc(C(C)C)c2)CSc2c1cccc2-c1cccc(-c2ccccc2C2CCC2)c1C. The average molecular weight is 539 g/mol. The minimum atomic E-state index is 0.511. The molecule has 200 valence electrons. The molecule has 0 nitrogen and oxygen atoms in total. The Labute approximate surface area is 244 Å². The highest BCUT2D eigenvalue weighted by molar-refractivity contribution is 8.00. The third-order valence-electron chi connectivity index (χ3n) is 8.67. The van der Waals surface area contributed by atoms with Gasteiger partial charge in [-0.25, -0.2) is 0 Å². The van der Waals surface area contributed by atoms with Crippen molar-refractivity contribution in [2.24, 2.45) is 0 Å². The van der Waals surface area contributed by atoms with E-state index >= 15 is 0 Å². The Morgan fingerprint density at radius 3 is 2.20 bits per heavy atom. The Morgan fingerprint density at radius 2 is 1.45 bits per heavy atom. The Balaban J connectivity index is 1.42. The van der Waals surface area contributed by atoms with E-state index in [9.17, 15) is 0 Å². The molecule has 4 aromatic rings. The molecule has 1 heterocycles. The number of thioether (sulfide) groups is 1. The standard InChI is InChI=1S/C39H38S/c1-26(2)30-15-9-16-31(24-30)32-17-7-12-27(3)33-20-10-23-38(39(33)40-25-32)35-22-11-21-34(28(35)4)37-19-6-5-18-36(37)29-13-8-14-29/h5-7,9-12,15-24,26,29H,3,8,13-14,25H2,1-2,4H3/b12-7-,32-17+. The van der Waals surface area contributed by atoms with Gasteiger partial charge >= 0.3 is 0 Å². The highest BCUT2D eigenvalue weighted by atomic mass is 32.2. The van der Waals surface area contributed by atoms with Gasteiger partial charge in [0.15, 0.2) is 0 Å². The second-order valence-electron chi connectivity index (χ2n) is 11.5. The molecule has 6 rings (SSSR count). The van der Waals surface area contributed by atoms with Gasteiger partial charge in [-0.15, -0.1) is 11.8 Å². The second-order valence-corrected chi connectivity index (χ2v) is 12.5. The third kappa shape index (κ3) is 5.16. The van der Waals surface area contributed by atoms with Gasteiger partial charge in [0.2, 0.25) is 0 Å². The van der Waals surface area contributed by atoms with Gasteiger partial charge in [-0.2, -0.15) is 0 Å². The molecule has 1 fully saturated rings. The monoisotopic (exact) mass is 538 g/mol. The summed E-state index contributed by atoms with van der Waals surface area (Å²) in [6, 6.07) is 31.7. The first-order valence-corrected chi connectivity index (χ1v) is 15.6. The van der Waals surface area contributed by atoms with E-state index in [-0.39, 0.29) is 0 Å². The van der Waals surface area contributed by atoms with E-state index in [0.29, 0.717) is 11.8 Å². The fraction of sp³-hybridized carbons (Fsp3) is 0.231. The molecule has 0 saturated heterocycles. The minimum Gasteiger partial charge on any atom is -0.120 e. The van der Waals surface area contributed by atoms with Crippen molar-refractivity contribution in [3.63, 3.8) is 0 Å². The third-order valence-corrected chi connectivity index (χ3v) is 9.86. The summed E-state index contributed by atoms with van der Waals surface area (Å²) < 4.78 is 0. The predicted molar refractivity (Wildman–Crippen MR) is 176 cm³/mol. The largest absolute Gasteiger partial charge is 0.120 e. The lowest BCUT2D eigenvalue weighted by Gasteiger charge is -2.28. The van der Waals surface area contributed by atoms with Crippen LogP contribution in [0.25, 0.3) is 33.4 Å². The van der Waals surface area contributed by atoms with Crippen LogP contribution in [-0.2, 0) is 0 Å². The molecule has 1 aliphatic carbocycles. The van der Waals surface area contributed by atoms with Crippen LogP contribution in [-0.4, -0.2) is 5.75 Å². The Hall–Kier alpha value is -3.55. The van der Waals surface area contributed by atoms with Gasteiger partial charge in [0.05, 0.1) is 0 Å². The first-order chi connectivity index (χ1) is 19.5. The van der Waals surface area contributed by atoms with Crippen LogP contribution in [0, 0.1) is 6.92 Å². The van der Waals surface area contributed by atoms with E-state index in [1.165, 1.54) is 79.8 Å². The fourth-order valence-corrected chi connectivity index (χ4v) is 7.29. The number of fused-ring (bicyclic) bond motifs is 1. The maximum Gasteiger partial charge on any atom is 0.0238 e. The van der Waals surface area contributed by atoms with Gasteiger partial charge in [0.25, 0.3) is 0 Å². The molecule has 0 N–H and O–H groups in total. The molecule has 0 atom stereocenters. The molecule has 2 aliphatic rings. The zero-order chi connectivity index (χ0) is 27.6. The van der Waals surface area contributed by atoms with Crippen molar-refractivity contribution < 1.29 is 0 Å². The molecule has 4 aromatic carbocycles. The summed E-state index contributed by atoms with van der Waals surface area (Å²) in [5.74, 6) is 2.12. The van der Waals surface area contributed by atoms with E-state index in [2.05, 4.69) is 131 Å². The van der Waals surface area contributed by atoms with Crippen LogP contribution in [0.15, 0.2) is 115 Å². The number of rotatable bonds is 5. The van der Waals surface area contributed by atoms with Gasteiger partial charge in [-0.1, -0.05) is 130 Å². The summed E-state index contributed by atoms with van der Waals surface area (Å²) >= 11 is 1.94. The highest BCUT2D eigenvalue weighted by Crippen LogP contribution is 2.45. The molecular formula is C39H38S. The summed E-state index contributed by atoms with van der Waals surface area (Å²) in [7, 11) is 0. The van der Waals surface area contributed by atoms with Crippen molar-refractivity contribution in [3.8, 4) is 22.3 Å². The van der Waals surface area contributed by atoms with Gasteiger partial charge in [0.1, 0.15) is 0 Å². The van der Waals surface area contributed by atoms with E-state index < -0.39 is 0 Å². The zero-order valence-corrected chi connectivity index (χ0v) is 24.7. The molecule has 0 spiro atoms. The van der Waals surface area contributed by atoms with Crippen molar-refractivity contribution in [3.05, 3.63) is 138 Å². The summed E-state index contributed by atoms with van der Waals surface area (Å²) in [6.45, 7) is 11.3. The topological polar surface area (TPSA) is 0 Å². The summed E-state index contributed by atoms with van der Waals surface area (Å²) in [5.41, 5.74) is 14.6. The first-order valence-electron chi connectivity index (χ1n) is 14.6. The quantitative estimate of drug-likeness (QED) is 0.243. The van der Waals surface area contributed by atoms with Crippen molar-refractivity contribution in [2.75, 3.05) is 5.75 Å². The zero-order valence-electron chi connectivity index (χ0n) is 23.9. The van der Waals surface area contributed by atoms with E-state index in [0.717, 1.165) is 11.3 Å². The smallest absolute Gasteiger partial charge is 0.0238 e. The van der Waals surface area contributed by atoms with Crippen LogP contribution in [0.3, 0.4) is 0 Å². The van der Waals surface area contributed by atoms with Gasteiger partial charge in [0, 0.05) is 10.6 Å². The lowest BCUT2D eigenvalue weighted by molar-refractivity contribution is 0.420. The Bertz CT molecular complexity index is 1630. The summed E-state index contributed by atoms with van der Waals surface area (Å²) in [4.78, 5) is 1.32. The lowest BCUT2D eigenvalue weighted by Crippen LogP contribution is -2.10. The molecule has 0 aromatic heterocycles. The molecule has 40 heavy (non-hydrogen) atoms. The Morgan fingerprint density at radius 1 is 0.775 bits per heavy atom. The molecule has 0 bridgehead atoms. The minimum absolute atomic E-state index is 0.511. The molecule has 0 unspecified atom stereocenters. The van der Waals surface area contributed by atoms with E-state index in [1.807, 2.05) is 11.8 Å². The lowest BCUT2D eigenvalue weighted by atomic mass is 9.76. The summed E-state index contributed by atoms with van der Waals surface area (Å²) in [5, 5.41) is 0. The van der Waals surface area contributed by atoms with Crippen molar-refractivity contribution in [2.45, 2.75) is 56.8 Å². The number of benzene rings is 4. The molecule has 0 radical (unpaired) electrons. The molecule has 1 aliphatic heterocycles. The van der Waals surface area contributed by atoms with Crippen molar-refractivity contribution in [1.29, 1.82) is 0 Å². The molecule has 1 saturated carbocycles. The van der Waals surface area contributed by atoms with Crippen LogP contribution < -0.4 is 0 Å². The second kappa shape index (κ2) is 11.5. The van der Waals surface area contributed by atoms with Gasteiger partial charge < -0.3 is 0 Å². The maximum absolute atomic E-state index is 4.47. The summed E-state index contributed by atoms with van der Waals surface area (Å²) in [6.07, 6.45) is 10.6. The Kier molecular flexibility index (Phi) is 7.67. The predicted octanol–water partition coefficient (Wildman–Crippen LogP) is 11.5. The molecule has 1 heteroatoms. The van der Waals surface area contributed by atoms with Crippen molar-refractivity contribution in [1.82, 2.24) is 0 Å². The first kappa shape index (κ1) is 26.7. The number of allylic oxidation sites excluding steroid dienone is 4. The van der Waals surface area contributed by atoms with E-state index in [1.54, 1.807) is 0 Å². The fourth-order valence-electron chi connectivity index (χ4n) is 6.04. The van der Waals surface area contributed by atoms with Gasteiger partial charge in [-0.3, -0.25) is 0 Å². The van der Waals surface area contributed by atoms with Crippen LogP contribution >= 0.6 is 11.8 Å². The van der Waals surface area contributed by atoms with Crippen molar-refractivity contribution >= 4 is 22.9 Å². The van der Waals surface area contributed by atoms with Gasteiger partial charge in [-0.05, 0) is 92.8 Å². The van der Waals surface area contributed by atoms with Crippen LogP contribution in [0.1, 0.15) is 72.8 Å². The maximum atomic E-state index is 4.47.